The highest BCUT2D eigenvalue weighted by molar-refractivity contribution is 5.85. The summed E-state index contributed by atoms with van der Waals surface area (Å²) in [7, 11) is 0. The fourth-order valence-corrected chi connectivity index (χ4v) is 2.87. The summed E-state index contributed by atoms with van der Waals surface area (Å²) in [4.78, 5) is 12.1. The summed E-state index contributed by atoms with van der Waals surface area (Å²) in [6.45, 7) is 0.510. The van der Waals surface area contributed by atoms with Gasteiger partial charge >= 0.3 is 0 Å². The van der Waals surface area contributed by atoms with Gasteiger partial charge in [0.25, 0.3) is 5.91 Å². The molecule has 1 saturated carbocycles. The van der Waals surface area contributed by atoms with Gasteiger partial charge in [0.05, 0.1) is 0 Å². The van der Waals surface area contributed by atoms with Gasteiger partial charge in [-0.3, -0.25) is 4.79 Å². The lowest BCUT2D eigenvalue weighted by molar-refractivity contribution is -0.123. The lowest BCUT2D eigenvalue weighted by Gasteiger charge is -2.17. The quantitative estimate of drug-likeness (QED) is 0.760. The Hall–Kier alpha value is -2.04. The molecular weight excluding hydrogens is 336 g/mol. The van der Waals surface area contributed by atoms with Gasteiger partial charge in [-0.25, -0.2) is 0 Å². The van der Waals surface area contributed by atoms with E-state index in [9.17, 15) is 4.79 Å². The van der Waals surface area contributed by atoms with Crippen LogP contribution in [0.5, 0.6) is 5.75 Å². The number of ether oxygens (including phenoxy) is 1. The van der Waals surface area contributed by atoms with E-state index in [1.165, 1.54) is 5.56 Å². The molecule has 0 aliphatic heterocycles. The summed E-state index contributed by atoms with van der Waals surface area (Å²) >= 11 is 0. The Morgan fingerprint density at radius 2 is 1.80 bits per heavy atom. The van der Waals surface area contributed by atoms with Crippen molar-refractivity contribution >= 4 is 18.3 Å². The first-order chi connectivity index (χ1) is 11.8. The zero-order valence-corrected chi connectivity index (χ0v) is 15.0. The third-order valence-electron chi connectivity index (χ3n) is 4.36. The number of rotatable bonds is 8. The molecule has 1 unspecified atom stereocenters. The predicted molar refractivity (Wildman–Crippen MR) is 102 cm³/mol. The molecule has 4 nitrogen and oxygen atoms in total. The second-order valence-corrected chi connectivity index (χ2v) is 6.31. The molecule has 2 aromatic carbocycles. The zero-order valence-electron chi connectivity index (χ0n) is 14.2. The van der Waals surface area contributed by atoms with Crippen LogP contribution >= 0.6 is 12.4 Å². The minimum atomic E-state index is -0.105. The van der Waals surface area contributed by atoms with E-state index in [0.717, 1.165) is 30.6 Å². The number of carbonyl (C=O) groups excluding carboxylic acids is 1. The highest BCUT2D eigenvalue weighted by Crippen LogP contribution is 2.32. The van der Waals surface area contributed by atoms with Gasteiger partial charge in [-0.1, -0.05) is 48.5 Å². The zero-order chi connectivity index (χ0) is 16.8. The van der Waals surface area contributed by atoms with Crippen LogP contribution in [-0.4, -0.2) is 25.1 Å². The van der Waals surface area contributed by atoms with Crippen molar-refractivity contribution in [1.29, 1.82) is 0 Å². The Morgan fingerprint density at radius 1 is 1.12 bits per heavy atom. The molecule has 1 fully saturated rings. The molecule has 3 rings (SSSR count). The maximum absolute atomic E-state index is 12.1. The fraction of sp³-hybridized carbons (Fsp3) is 0.350. The Bertz CT molecular complexity index is 674. The third-order valence-corrected chi connectivity index (χ3v) is 4.36. The largest absolute Gasteiger partial charge is 0.483 e. The molecule has 2 aromatic rings. The number of amides is 1. The van der Waals surface area contributed by atoms with Crippen LogP contribution in [0.25, 0.3) is 0 Å². The van der Waals surface area contributed by atoms with Crippen LogP contribution in [0.1, 0.15) is 24.0 Å². The monoisotopic (exact) mass is 360 g/mol. The van der Waals surface area contributed by atoms with Crippen molar-refractivity contribution < 1.29 is 9.53 Å². The van der Waals surface area contributed by atoms with Gasteiger partial charge < -0.3 is 15.8 Å². The molecule has 1 amide bonds. The molecule has 134 valence electrons. The van der Waals surface area contributed by atoms with Crippen molar-refractivity contribution in [2.75, 3.05) is 13.2 Å². The van der Waals surface area contributed by atoms with Crippen molar-refractivity contribution in [2.45, 2.75) is 25.3 Å². The molecule has 1 atom stereocenters. The highest BCUT2D eigenvalue weighted by Gasteiger charge is 2.31. The van der Waals surface area contributed by atoms with Crippen molar-refractivity contribution in [3.63, 3.8) is 0 Å². The average molecular weight is 361 g/mol. The smallest absolute Gasteiger partial charge is 0.258 e. The lowest BCUT2D eigenvalue weighted by atomic mass is 10.0. The summed E-state index contributed by atoms with van der Waals surface area (Å²) in [5, 5.41) is 2.98. The summed E-state index contributed by atoms with van der Waals surface area (Å²) in [5.74, 6) is 1.20. The lowest BCUT2D eigenvalue weighted by Crippen LogP contribution is -2.43. The van der Waals surface area contributed by atoms with E-state index in [4.69, 9.17) is 10.5 Å². The molecular formula is C20H25ClN2O2. The standard InChI is InChI=1S/C20H24N2O2.ClH/c21-13-18(16-10-11-16)22-20(23)14-24-19-9-5-4-8-17(19)12-15-6-2-1-3-7-15;/h1-9,16,18H,10-14,21H2,(H,22,23);1H. The second-order valence-electron chi connectivity index (χ2n) is 6.31. The van der Waals surface area contributed by atoms with Crippen molar-refractivity contribution in [3.8, 4) is 5.75 Å². The van der Waals surface area contributed by atoms with Crippen LogP contribution in [0.2, 0.25) is 0 Å². The first kappa shape index (κ1) is 19.3. The molecule has 0 bridgehead atoms. The van der Waals surface area contributed by atoms with Crippen molar-refractivity contribution in [1.82, 2.24) is 5.32 Å². The molecule has 0 spiro atoms. The number of halogens is 1. The summed E-state index contributed by atoms with van der Waals surface area (Å²) in [5.41, 5.74) is 8.02. The maximum atomic E-state index is 12.1. The number of carbonyl (C=O) groups is 1. The van der Waals surface area contributed by atoms with Crippen LogP contribution in [0.3, 0.4) is 0 Å². The summed E-state index contributed by atoms with van der Waals surface area (Å²) in [6, 6.07) is 18.2. The first-order valence-electron chi connectivity index (χ1n) is 8.50. The number of nitrogens with two attached hydrogens (primary N) is 1. The number of benzene rings is 2. The van der Waals surface area contributed by atoms with E-state index >= 15 is 0 Å². The van der Waals surface area contributed by atoms with Crippen LogP contribution in [0, 0.1) is 5.92 Å². The van der Waals surface area contributed by atoms with Gasteiger partial charge in [0.2, 0.25) is 0 Å². The molecule has 1 aliphatic rings. The Balaban J connectivity index is 0.00000225. The van der Waals surface area contributed by atoms with Crippen LogP contribution in [-0.2, 0) is 11.2 Å². The molecule has 25 heavy (non-hydrogen) atoms. The van der Waals surface area contributed by atoms with Gasteiger partial charge in [0, 0.05) is 19.0 Å². The van der Waals surface area contributed by atoms with Crippen LogP contribution < -0.4 is 15.8 Å². The Kier molecular flexibility index (Phi) is 7.29. The number of hydrogen-bond donors (Lipinski definition) is 2. The van der Waals surface area contributed by atoms with Gasteiger partial charge in [0.15, 0.2) is 6.61 Å². The van der Waals surface area contributed by atoms with Crippen molar-refractivity contribution in [2.24, 2.45) is 11.7 Å². The molecule has 1 aliphatic carbocycles. The van der Waals surface area contributed by atoms with Gasteiger partial charge in [-0.05, 0) is 36.0 Å². The van der Waals surface area contributed by atoms with Gasteiger partial charge in [-0.15, -0.1) is 12.4 Å². The molecule has 0 aromatic heterocycles. The van der Waals surface area contributed by atoms with E-state index in [1.807, 2.05) is 42.5 Å². The minimum Gasteiger partial charge on any atom is -0.483 e. The SMILES string of the molecule is Cl.NCC(NC(=O)COc1ccccc1Cc1ccccc1)C1CC1. The van der Waals surface area contributed by atoms with Crippen LogP contribution in [0.15, 0.2) is 54.6 Å². The average Bonchev–Trinajstić information content (AvgIpc) is 3.45. The van der Waals surface area contributed by atoms with E-state index in [-0.39, 0.29) is 31.0 Å². The normalized spacial score (nSPS) is 14.3. The second kappa shape index (κ2) is 9.44. The Labute approximate surface area is 155 Å². The van der Waals surface area contributed by atoms with E-state index in [2.05, 4.69) is 17.4 Å². The van der Waals surface area contributed by atoms with Crippen molar-refractivity contribution in [3.05, 3.63) is 65.7 Å². The molecule has 0 radical (unpaired) electrons. The molecule has 0 saturated heterocycles. The first-order valence-corrected chi connectivity index (χ1v) is 8.50. The van der Waals surface area contributed by atoms with Crippen LogP contribution in [0.4, 0.5) is 0 Å². The minimum absolute atomic E-state index is 0. The van der Waals surface area contributed by atoms with Gasteiger partial charge in [0.1, 0.15) is 5.75 Å². The highest BCUT2D eigenvalue weighted by atomic mass is 35.5. The number of hydrogen-bond acceptors (Lipinski definition) is 3. The maximum Gasteiger partial charge on any atom is 0.258 e. The molecule has 0 heterocycles. The molecule has 3 N–H and O–H groups in total. The van der Waals surface area contributed by atoms with E-state index in [0.29, 0.717) is 12.5 Å². The number of para-hydroxylation sites is 1. The third kappa shape index (κ3) is 5.76. The summed E-state index contributed by atoms with van der Waals surface area (Å²) in [6.07, 6.45) is 3.10. The summed E-state index contributed by atoms with van der Waals surface area (Å²) < 4.78 is 5.76. The van der Waals surface area contributed by atoms with E-state index < -0.39 is 0 Å². The van der Waals surface area contributed by atoms with Gasteiger partial charge in [-0.2, -0.15) is 0 Å². The predicted octanol–water partition coefficient (Wildman–Crippen LogP) is 2.93. The van der Waals surface area contributed by atoms with E-state index in [1.54, 1.807) is 0 Å². The Morgan fingerprint density at radius 3 is 2.48 bits per heavy atom. The number of nitrogens with one attached hydrogen (secondary N) is 1. The molecule has 5 heteroatoms. The topological polar surface area (TPSA) is 64.3 Å². The fourth-order valence-electron chi connectivity index (χ4n) is 2.87.